The fraction of sp³-hybridized carbons (Fsp3) is 0.364. The molecule has 0 N–H and O–H groups in total. The zero-order valence-electron chi connectivity index (χ0n) is 15.9. The predicted octanol–water partition coefficient (Wildman–Crippen LogP) is 4.72. The first-order chi connectivity index (χ1) is 13.0. The van der Waals surface area contributed by atoms with Gasteiger partial charge in [-0.3, -0.25) is 4.90 Å². The Balaban J connectivity index is 1.77. The highest BCUT2D eigenvalue weighted by Crippen LogP contribution is 2.38. The summed E-state index contributed by atoms with van der Waals surface area (Å²) in [6, 6.07) is 10.5. The van der Waals surface area contributed by atoms with Gasteiger partial charge in [-0.2, -0.15) is 0 Å². The number of rotatable bonds is 4. The van der Waals surface area contributed by atoms with E-state index in [9.17, 15) is 8.78 Å². The quantitative estimate of drug-likeness (QED) is 0.661. The van der Waals surface area contributed by atoms with Gasteiger partial charge in [0.2, 0.25) is 0 Å². The summed E-state index contributed by atoms with van der Waals surface area (Å²) in [6.07, 6.45) is 1.62. The number of benzene rings is 2. The second kappa shape index (κ2) is 6.97. The first kappa shape index (κ1) is 18.0. The van der Waals surface area contributed by atoms with Crippen LogP contribution in [0, 0.1) is 11.6 Å². The largest absolute Gasteiger partial charge is 0.497 e. The molecule has 1 aromatic heterocycles. The van der Waals surface area contributed by atoms with Crippen LogP contribution in [0.15, 0.2) is 36.4 Å². The number of nitrogens with zero attached hydrogens (tertiary/aromatic N) is 2. The summed E-state index contributed by atoms with van der Waals surface area (Å²) >= 11 is 0. The summed E-state index contributed by atoms with van der Waals surface area (Å²) in [6.45, 7) is 3.68. The average molecular weight is 370 g/mol. The van der Waals surface area contributed by atoms with Gasteiger partial charge in [-0.25, -0.2) is 8.78 Å². The molecule has 0 fully saturated rings. The van der Waals surface area contributed by atoms with Crippen molar-refractivity contribution in [3.05, 3.63) is 64.9 Å². The smallest absolute Gasteiger partial charge is 0.150 e. The number of hydrogen-bond donors (Lipinski definition) is 0. The van der Waals surface area contributed by atoms with E-state index in [0.29, 0.717) is 17.4 Å². The highest BCUT2D eigenvalue weighted by atomic mass is 19.1. The Morgan fingerprint density at radius 2 is 1.89 bits per heavy atom. The number of methoxy groups -OCH3 is 1. The molecule has 1 unspecified atom stereocenters. The van der Waals surface area contributed by atoms with Gasteiger partial charge in [0.1, 0.15) is 17.4 Å². The Bertz CT molecular complexity index is 978. The van der Waals surface area contributed by atoms with Gasteiger partial charge in [-0.05, 0) is 49.7 Å². The lowest BCUT2D eigenvalue weighted by Crippen LogP contribution is -2.31. The zero-order valence-corrected chi connectivity index (χ0v) is 15.9. The Kier molecular flexibility index (Phi) is 4.64. The van der Waals surface area contributed by atoms with Gasteiger partial charge in [0.15, 0.2) is 0 Å². The Labute approximate surface area is 158 Å². The van der Waals surface area contributed by atoms with Crippen LogP contribution in [-0.2, 0) is 19.4 Å². The minimum absolute atomic E-state index is 0.139. The number of likely N-dealkylation sites (N-methyl/N-ethyl adjacent to an activating group) is 1. The standard InChI is InChI=1S/C22H24F2N2O/c1-14-21-18-12-16(23)13-19(24)22(18)26(20(21)9-10-25(14)2)11-8-15-4-6-17(27-3)7-5-15/h4-7,12-14H,8-11H2,1-3H3. The Hall–Kier alpha value is -2.40. The number of halogens is 2. The minimum Gasteiger partial charge on any atom is -0.497 e. The van der Waals surface area contributed by atoms with Crippen molar-refractivity contribution in [3.63, 3.8) is 0 Å². The molecule has 3 nitrogen and oxygen atoms in total. The van der Waals surface area contributed by atoms with E-state index >= 15 is 0 Å². The van der Waals surface area contributed by atoms with E-state index in [1.54, 1.807) is 7.11 Å². The monoisotopic (exact) mass is 370 g/mol. The molecule has 1 aliphatic rings. The minimum atomic E-state index is -0.518. The summed E-state index contributed by atoms with van der Waals surface area (Å²) in [4.78, 5) is 2.23. The highest BCUT2D eigenvalue weighted by molar-refractivity contribution is 5.87. The van der Waals surface area contributed by atoms with Crippen molar-refractivity contribution in [1.29, 1.82) is 0 Å². The van der Waals surface area contributed by atoms with Crippen LogP contribution < -0.4 is 4.74 Å². The van der Waals surface area contributed by atoms with E-state index in [1.807, 2.05) is 24.3 Å². The van der Waals surface area contributed by atoms with Gasteiger partial charge in [-0.15, -0.1) is 0 Å². The molecular weight excluding hydrogens is 346 g/mol. The molecule has 0 spiro atoms. The molecule has 0 aliphatic carbocycles. The summed E-state index contributed by atoms with van der Waals surface area (Å²) in [5.74, 6) is -0.180. The second-order valence-electron chi connectivity index (χ2n) is 7.30. The van der Waals surface area contributed by atoms with Crippen molar-refractivity contribution in [2.75, 3.05) is 20.7 Å². The van der Waals surface area contributed by atoms with Crippen LogP contribution in [0.2, 0.25) is 0 Å². The SMILES string of the molecule is COc1ccc(CCn2c3c(c4cc(F)cc(F)c42)C(C)N(C)CC3)cc1. The lowest BCUT2D eigenvalue weighted by atomic mass is 9.97. The molecule has 0 amide bonds. The second-order valence-corrected chi connectivity index (χ2v) is 7.30. The molecule has 0 saturated heterocycles. The molecule has 5 heteroatoms. The number of ether oxygens (including phenoxy) is 1. The highest BCUT2D eigenvalue weighted by Gasteiger charge is 2.29. The molecule has 0 saturated carbocycles. The van der Waals surface area contributed by atoms with Crippen LogP contribution in [0.25, 0.3) is 10.9 Å². The van der Waals surface area contributed by atoms with Crippen molar-refractivity contribution >= 4 is 10.9 Å². The maximum Gasteiger partial charge on any atom is 0.150 e. The van der Waals surface area contributed by atoms with Crippen molar-refractivity contribution in [2.45, 2.75) is 32.4 Å². The van der Waals surface area contributed by atoms with Crippen LogP contribution in [-0.4, -0.2) is 30.2 Å². The molecule has 0 radical (unpaired) electrons. The van der Waals surface area contributed by atoms with Crippen LogP contribution in [0.4, 0.5) is 8.78 Å². The topological polar surface area (TPSA) is 17.4 Å². The first-order valence-electron chi connectivity index (χ1n) is 9.32. The molecule has 142 valence electrons. The van der Waals surface area contributed by atoms with Gasteiger partial charge in [0.25, 0.3) is 0 Å². The number of hydrogen-bond acceptors (Lipinski definition) is 2. The van der Waals surface area contributed by atoms with Gasteiger partial charge >= 0.3 is 0 Å². The lowest BCUT2D eigenvalue weighted by Gasteiger charge is -2.31. The Morgan fingerprint density at radius 1 is 1.15 bits per heavy atom. The van der Waals surface area contributed by atoms with Crippen LogP contribution in [0.3, 0.4) is 0 Å². The number of aromatic nitrogens is 1. The Morgan fingerprint density at radius 3 is 2.59 bits per heavy atom. The van der Waals surface area contributed by atoms with Gasteiger partial charge in [0, 0.05) is 42.7 Å². The fourth-order valence-corrected chi connectivity index (χ4v) is 4.19. The number of fused-ring (bicyclic) bond motifs is 3. The molecule has 1 aliphatic heterocycles. The number of aryl methyl sites for hydroxylation is 2. The van der Waals surface area contributed by atoms with Crippen molar-refractivity contribution in [2.24, 2.45) is 0 Å². The third kappa shape index (κ3) is 3.10. The third-order valence-corrected chi connectivity index (χ3v) is 5.79. The van der Waals surface area contributed by atoms with E-state index in [2.05, 4.69) is 23.4 Å². The molecule has 4 rings (SSSR count). The third-order valence-electron chi connectivity index (χ3n) is 5.79. The molecular formula is C22H24F2N2O. The summed E-state index contributed by atoms with van der Waals surface area (Å²) < 4.78 is 36.0. The molecule has 1 atom stereocenters. The van der Waals surface area contributed by atoms with Crippen LogP contribution >= 0.6 is 0 Å². The van der Waals surface area contributed by atoms with Crippen molar-refractivity contribution in [3.8, 4) is 5.75 Å². The van der Waals surface area contributed by atoms with E-state index in [-0.39, 0.29) is 6.04 Å². The predicted molar refractivity (Wildman–Crippen MR) is 103 cm³/mol. The maximum atomic E-state index is 14.8. The molecule has 2 aromatic carbocycles. The molecule has 27 heavy (non-hydrogen) atoms. The summed E-state index contributed by atoms with van der Waals surface area (Å²) in [5.41, 5.74) is 3.88. The van der Waals surface area contributed by atoms with Crippen molar-refractivity contribution < 1.29 is 13.5 Å². The first-order valence-corrected chi connectivity index (χ1v) is 9.32. The van der Waals surface area contributed by atoms with Gasteiger partial charge in [-0.1, -0.05) is 12.1 Å². The lowest BCUT2D eigenvalue weighted by molar-refractivity contribution is 0.245. The van der Waals surface area contributed by atoms with E-state index in [4.69, 9.17) is 4.74 Å². The van der Waals surface area contributed by atoms with E-state index < -0.39 is 11.6 Å². The van der Waals surface area contributed by atoms with E-state index in [1.165, 1.54) is 6.07 Å². The van der Waals surface area contributed by atoms with Crippen LogP contribution in [0.5, 0.6) is 5.75 Å². The van der Waals surface area contributed by atoms with Crippen LogP contribution in [0.1, 0.15) is 29.8 Å². The van der Waals surface area contributed by atoms with Crippen molar-refractivity contribution in [1.82, 2.24) is 9.47 Å². The average Bonchev–Trinajstić information content (AvgIpc) is 2.97. The molecule has 3 aromatic rings. The van der Waals surface area contributed by atoms with E-state index in [0.717, 1.165) is 48.0 Å². The summed E-state index contributed by atoms with van der Waals surface area (Å²) in [5, 5.41) is 0.705. The molecule has 2 heterocycles. The molecule has 0 bridgehead atoms. The van der Waals surface area contributed by atoms with Gasteiger partial charge < -0.3 is 9.30 Å². The summed E-state index contributed by atoms with van der Waals surface area (Å²) in [7, 11) is 3.71. The fourth-order valence-electron chi connectivity index (χ4n) is 4.19. The zero-order chi connectivity index (χ0) is 19.1. The van der Waals surface area contributed by atoms with Gasteiger partial charge in [0.05, 0.1) is 12.6 Å². The normalized spacial score (nSPS) is 17.3. The maximum absolute atomic E-state index is 14.8.